The molecule has 0 saturated carbocycles. The first-order valence-electron chi connectivity index (χ1n) is 11.2. The number of ether oxygens (including phenoxy) is 1. The molecule has 2 heterocycles. The number of benzene rings is 3. The zero-order chi connectivity index (χ0) is 23.5. The second kappa shape index (κ2) is 9.41. The van der Waals surface area contributed by atoms with Crippen molar-refractivity contribution in [2.45, 2.75) is 25.2 Å². The summed E-state index contributed by atoms with van der Waals surface area (Å²) in [6.45, 7) is 0.359. The monoisotopic (exact) mass is 455 g/mol. The van der Waals surface area contributed by atoms with E-state index in [0.29, 0.717) is 12.1 Å². The van der Waals surface area contributed by atoms with Crippen molar-refractivity contribution in [3.8, 4) is 11.1 Å². The van der Waals surface area contributed by atoms with Gasteiger partial charge in [0.15, 0.2) is 0 Å². The maximum absolute atomic E-state index is 13.1. The van der Waals surface area contributed by atoms with Crippen molar-refractivity contribution in [1.82, 2.24) is 9.88 Å². The molecule has 7 nitrogen and oxygen atoms in total. The van der Waals surface area contributed by atoms with Crippen LogP contribution in [0.2, 0.25) is 0 Å². The first-order chi connectivity index (χ1) is 16.6. The topological polar surface area (TPSA) is 94.7 Å². The van der Waals surface area contributed by atoms with Crippen LogP contribution in [0, 0.1) is 0 Å². The third-order valence-corrected chi connectivity index (χ3v) is 6.09. The number of carbonyl (C=O) groups excluding carboxylic acids is 2. The Hall–Kier alpha value is -4.10. The number of carbonyl (C=O) groups is 2. The van der Waals surface area contributed by atoms with Crippen LogP contribution < -0.4 is 5.32 Å². The fourth-order valence-corrected chi connectivity index (χ4v) is 4.32. The lowest BCUT2D eigenvalue weighted by Gasteiger charge is -2.25. The van der Waals surface area contributed by atoms with E-state index in [-0.39, 0.29) is 13.2 Å². The number of likely N-dealkylation sites (tertiary alicyclic amines) is 1. The molecule has 4 aromatic rings. The van der Waals surface area contributed by atoms with Gasteiger partial charge in [0.25, 0.3) is 0 Å². The first kappa shape index (κ1) is 21.7. The molecule has 1 aliphatic heterocycles. The summed E-state index contributed by atoms with van der Waals surface area (Å²) in [5.74, 6) is -0.445. The SMILES string of the molecule is O=C(Nc1cccc(-c2ccc3[nH]ccc3c2)c1)[C@@H]1C(O)CCN1C(=O)OCc1ccccc1. The fourth-order valence-electron chi connectivity index (χ4n) is 4.32. The zero-order valence-electron chi connectivity index (χ0n) is 18.5. The summed E-state index contributed by atoms with van der Waals surface area (Å²) in [4.78, 5) is 30.2. The number of hydrogen-bond donors (Lipinski definition) is 3. The average Bonchev–Trinajstić information content (AvgIpc) is 3.49. The normalized spacial score (nSPS) is 17.6. The van der Waals surface area contributed by atoms with Crippen LogP contribution in [0.4, 0.5) is 10.5 Å². The van der Waals surface area contributed by atoms with E-state index in [0.717, 1.165) is 27.6 Å². The van der Waals surface area contributed by atoms with Crippen LogP contribution in [0.5, 0.6) is 0 Å². The van der Waals surface area contributed by atoms with E-state index in [1.54, 1.807) is 6.07 Å². The second-order valence-electron chi connectivity index (χ2n) is 8.38. The molecule has 1 aromatic heterocycles. The van der Waals surface area contributed by atoms with Gasteiger partial charge in [-0.25, -0.2) is 4.79 Å². The molecule has 7 heteroatoms. The Bertz CT molecular complexity index is 1320. The van der Waals surface area contributed by atoms with Crippen LogP contribution in [-0.4, -0.2) is 45.7 Å². The van der Waals surface area contributed by atoms with Gasteiger partial charge < -0.3 is 20.1 Å². The van der Waals surface area contributed by atoms with Crippen LogP contribution in [0.1, 0.15) is 12.0 Å². The van der Waals surface area contributed by atoms with E-state index in [1.165, 1.54) is 4.90 Å². The largest absolute Gasteiger partial charge is 0.445 e. The molecule has 0 spiro atoms. The molecule has 3 N–H and O–H groups in total. The Labute approximate surface area is 197 Å². The Morgan fingerprint density at radius 1 is 1.00 bits per heavy atom. The summed E-state index contributed by atoms with van der Waals surface area (Å²) in [7, 11) is 0. The zero-order valence-corrected chi connectivity index (χ0v) is 18.5. The summed E-state index contributed by atoms with van der Waals surface area (Å²) in [6, 6.07) is 24.0. The lowest BCUT2D eigenvalue weighted by atomic mass is 10.0. The third kappa shape index (κ3) is 4.51. The predicted octanol–water partition coefficient (Wildman–Crippen LogP) is 4.55. The number of aliphatic hydroxyl groups excluding tert-OH is 1. The Morgan fingerprint density at radius 2 is 1.82 bits per heavy atom. The number of H-pyrrole nitrogens is 1. The number of nitrogens with one attached hydrogen (secondary N) is 2. The van der Waals surface area contributed by atoms with Crippen molar-refractivity contribution in [2.75, 3.05) is 11.9 Å². The van der Waals surface area contributed by atoms with E-state index in [2.05, 4.69) is 16.4 Å². The minimum absolute atomic E-state index is 0.105. The highest BCUT2D eigenvalue weighted by atomic mass is 16.6. The predicted molar refractivity (Wildman–Crippen MR) is 130 cm³/mol. The van der Waals surface area contributed by atoms with Gasteiger partial charge in [-0.1, -0.05) is 48.5 Å². The summed E-state index contributed by atoms with van der Waals surface area (Å²) in [6.07, 6.45) is 0.640. The van der Waals surface area contributed by atoms with E-state index >= 15 is 0 Å². The summed E-state index contributed by atoms with van der Waals surface area (Å²) < 4.78 is 5.39. The third-order valence-electron chi connectivity index (χ3n) is 6.09. The number of nitrogens with zero attached hydrogens (tertiary/aromatic N) is 1. The van der Waals surface area contributed by atoms with Gasteiger partial charge in [0.1, 0.15) is 12.6 Å². The van der Waals surface area contributed by atoms with Gasteiger partial charge in [0, 0.05) is 23.9 Å². The van der Waals surface area contributed by atoms with Crippen LogP contribution in [0.25, 0.3) is 22.0 Å². The highest BCUT2D eigenvalue weighted by molar-refractivity contribution is 5.98. The van der Waals surface area contributed by atoms with Crippen LogP contribution in [0.15, 0.2) is 85.1 Å². The van der Waals surface area contributed by atoms with Gasteiger partial charge >= 0.3 is 6.09 Å². The van der Waals surface area contributed by atoms with Crippen molar-refractivity contribution in [3.05, 3.63) is 90.6 Å². The minimum atomic E-state index is -1.01. The summed E-state index contributed by atoms with van der Waals surface area (Å²) in [5, 5.41) is 14.4. The minimum Gasteiger partial charge on any atom is -0.445 e. The van der Waals surface area contributed by atoms with Crippen molar-refractivity contribution < 1.29 is 19.4 Å². The number of fused-ring (bicyclic) bond motifs is 1. The van der Waals surface area contributed by atoms with Crippen LogP contribution in [0.3, 0.4) is 0 Å². The van der Waals surface area contributed by atoms with Crippen molar-refractivity contribution in [1.29, 1.82) is 0 Å². The standard InChI is InChI=1S/C27H25N3O4/c31-24-12-14-30(27(33)34-17-18-5-2-1-3-6-18)25(24)26(32)29-22-8-4-7-19(16-22)20-9-10-23-21(15-20)11-13-28-23/h1-11,13,15-16,24-25,28,31H,12,14,17H2,(H,29,32)/t24?,25-/m0/s1. The average molecular weight is 456 g/mol. The van der Waals surface area contributed by atoms with E-state index in [9.17, 15) is 14.7 Å². The highest BCUT2D eigenvalue weighted by Crippen LogP contribution is 2.27. The van der Waals surface area contributed by atoms with E-state index in [4.69, 9.17) is 4.74 Å². The molecule has 0 aliphatic carbocycles. The summed E-state index contributed by atoms with van der Waals surface area (Å²) in [5.41, 5.74) is 4.48. The molecule has 3 aromatic carbocycles. The Morgan fingerprint density at radius 3 is 2.68 bits per heavy atom. The molecule has 1 fully saturated rings. The molecule has 2 amide bonds. The molecular formula is C27H25N3O4. The number of hydrogen-bond acceptors (Lipinski definition) is 4. The first-order valence-corrected chi connectivity index (χ1v) is 11.2. The van der Waals surface area contributed by atoms with Crippen LogP contribution in [-0.2, 0) is 16.1 Å². The van der Waals surface area contributed by atoms with Crippen molar-refractivity contribution >= 4 is 28.6 Å². The molecule has 2 atom stereocenters. The van der Waals surface area contributed by atoms with E-state index in [1.807, 2.05) is 72.9 Å². The molecule has 34 heavy (non-hydrogen) atoms. The van der Waals surface area contributed by atoms with Crippen molar-refractivity contribution in [3.63, 3.8) is 0 Å². The number of aromatic amines is 1. The number of aromatic nitrogens is 1. The molecule has 1 aliphatic rings. The number of aliphatic hydroxyl groups is 1. The Kier molecular flexibility index (Phi) is 6.01. The number of amides is 2. The highest BCUT2D eigenvalue weighted by Gasteiger charge is 2.42. The van der Waals surface area contributed by atoms with Gasteiger partial charge in [-0.2, -0.15) is 0 Å². The van der Waals surface area contributed by atoms with Gasteiger partial charge in [-0.15, -0.1) is 0 Å². The molecule has 0 bridgehead atoms. The molecule has 0 radical (unpaired) electrons. The maximum atomic E-state index is 13.1. The molecule has 172 valence electrons. The van der Waals surface area contributed by atoms with Gasteiger partial charge in [0.05, 0.1) is 6.10 Å². The smallest absolute Gasteiger partial charge is 0.410 e. The molecular weight excluding hydrogens is 430 g/mol. The van der Waals surface area contributed by atoms with Gasteiger partial charge in [-0.3, -0.25) is 9.69 Å². The molecule has 5 rings (SSSR count). The van der Waals surface area contributed by atoms with Gasteiger partial charge in [0.2, 0.25) is 5.91 Å². The lowest BCUT2D eigenvalue weighted by Crippen LogP contribution is -2.47. The molecule has 1 saturated heterocycles. The molecule has 1 unspecified atom stereocenters. The number of rotatable bonds is 5. The number of anilines is 1. The maximum Gasteiger partial charge on any atom is 0.410 e. The second-order valence-corrected chi connectivity index (χ2v) is 8.38. The summed E-state index contributed by atoms with van der Waals surface area (Å²) >= 11 is 0. The quantitative estimate of drug-likeness (QED) is 0.412. The van der Waals surface area contributed by atoms with Gasteiger partial charge in [-0.05, 0) is 58.8 Å². The van der Waals surface area contributed by atoms with Crippen LogP contribution >= 0.6 is 0 Å². The van der Waals surface area contributed by atoms with E-state index < -0.39 is 24.1 Å². The fraction of sp³-hybridized carbons (Fsp3) is 0.185. The van der Waals surface area contributed by atoms with Crippen molar-refractivity contribution in [2.24, 2.45) is 0 Å². The Balaban J connectivity index is 1.28. The lowest BCUT2D eigenvalue weighted by molar-refractivity contribution is -0.122.